The van der Waals surface area contributed by atoms with Crippen LogP contribution in [0.15, 0.2) is 30.3 Å². The molecule has 3 rings (SSSR count). The SMILES string of the molecule is CC(C(=O)N[C@@H](C(=O)O)c1ccccc1)N1C(=O)NC2(CCCC2)C1=O. The van der Waals surface area contributed by atoms with Crippen molar-refractivity contribution < 1.29 is 24.3 Å². The smallest absolute Gasteiger partial charge is 0.330 e. The number of hydrogen-bond donors (Lipinski definition) is 3. The van der Waals surface area contributed by atoms with Crippen molar-refractivity contribution in [3.63, 3.8) is 0 Å². The normalized spacial score (nSPS) is 20.7. The second-order valence-corrected chi connectivity index (χ2v) is 6.76. The number of urea groups is 1. The number of carboxylic acids is 1. The molecule has 3 N–H and O–H groups in total. The Balaban J connectivity index is 1.76. The van der Waals surface area contributed by atoms with Crippen molar-refractivity contribution in [2.75, 3.05) is 0 Å². The van der Waals surface area contributed by atoms with Crippen molar-refractivity contribution in [3.05, 3.63) is 35.9 Å². The molecule has 4 amide bonds. The van der Waals surface area contributed by atoms with Gasteiger partial charge in [-0.25, -0.2) is 14.5 Å². The van der Waals surface area contributed by atoms with Crippen LogP contribution in [0.1, 0.15) is 44.2 Å². The highest BCUT2D eigenvalue weighted by molar-refractivity contribution is 6.10. The van der Waals surface area contributed by atoms with Crippen LogP contribution in [0.4, 0.5) is 4.79 Å². The van der Waals surface area contributed by atoms with Crippen LogP contribution in [0.25, 0.3) is 0 Å². The first kappa shape index (κ1) is 17.9. The third-order valence-electron chi connectivity index (χ3n) is 5.08. The number of benzene rings is 1. The van der Waals surface area contributed by atoms with Gasteiger partial charge in [-0.15, -0.1) is 0 Å². The summed E-state index contributed by atoms with van der Waals surface area (Å²) in [7, 11) is 0. The highest BCUT2D eigenvalue weighted by atomic mass is 16.4. The molecule has 1 aliphatic heterocycles. The Kier molecular flexibility index (Phi) is 4.67. The number of carbonyl (C=O) groups excluding carboxylic acids is 3. The Morgan fingerprint density at radius 1 is 1.19 bits per heavy atom. The van der Waals surface area contributed by atoms with E-state index in [-0.39, 0.29) is 0 Å². The van der Waals surface area contributed by atoms with E-state index in [4.69, 9.17) is 0 Å². The maximum Gasteiger partial charge on any atom is 0.330 e. The van der Waals surface area contributed by atoms with Gasteiger partial charge in [0.25, 0.3) is 5.91 Å². The number of imide groups is 1. The van der Waals surface area contributed by atoms with E-state index in [1.807, 2.05) is 0 Å². The monoisotopic (exact) mass is 359 g/mol. The molecular weight excluding hydrogens is 338 g/mol. The Morgan fingerprint density at radius 2 is 1.81 bits per heavy atom. The molecule has 0 bridgehead atoms. The van der Waals surface area contributed by atoms with Crippen molar-refractivity contribution in [1.29, 1.82) is 0 Å². The topological polar surface area (TPSA) is 116 Å². The first-order valence-corrected chi connectivity index (χ1v) is 8.60. The molecular formula is C18H21N3O5. The lowest BCUT2D eigenvalue weighted by Gasteiger charge is -2.25. The molecule has 1 heterocycles. The molecule has 1 aliphatic carbocycles. The molecule has 1 saturated heterocycles. The first-order valence-electron chi connectivity index (χ1n) is 8.60. The van der Waals surface area contributed by atoms with E-state index < -0.39 is 41.4 Å². The Labute approximate surface area is 150 Å². The standard InChI is InChI=1S/C18H21N3O5/c1-11(21-16(25)18(20-17(21)26)9-5-6-10-18)14(22)19-13(15(23)24)12-7-3-2-4-8-12/h2-4,7-8,11,13H,5-6,9-10H2,1H3,(H,19,22)(H,20,26)(H,23,24)/t11?,13-/m1/s1. The Hall–Kier alpha value is -2.90. The van der Waals surface area contributed by atoms with Gasteiger partial charge in [0.1, 0.15) is 11.6 Å². The van der Waals surface area contributed by atoms with Gasteiger partial charge >= 0.3 is 12.0 Å². The van der Waals surface area contributed by atoms with Crippen LogP contribution in [-0.4, -0.2) is 45.4 Å². The van der Waals surface area contributed by atoms with Crippen molar-refractivity contribution in [1.82, 2.24) is 15.5 Å². The minimum Gasteiger partial charge on any atom is -0.479 e. The van der Waals surface area contributed by atoms with Gasteiger partial charge in [-0.3, -0.25) is 9.59 Å². The molecule has 1 aromatic carbocycles. The lowest BCUT2D eigenvalue weighted by Crippen LogP contribution is -2.51. The summed E-state index contributed by atoms with van der Waals surface area (Å²) in [5.74, 6) is -2.32. The van der Waals surface area contributed by atoms with E-state index in [2.05, 4.69) is 10.6 Å². The molecule has 0 aromatic heterocycles. The maximum atomic E-state index is 12.7. The molecule has 138 valence electrons. The van der Waals surface area contributed by atoms with Crippen LogP contribution in [-0.2, 0) is 14.4 Å². The summed E-state index contributed by atoms with van der Waals surface area (Å²) < 4.78 is 0. The van der Waals surface area contributed by atoms with Crippen LogP contribution >= 0.6 is 0 Å². The molecule has 1 saturated carbocycles. The van der Waals surface area contributed by atoms with Crippen molar-refractivity contribution in [2.45, 2.75) is 50.2 Å². The van der Waals surface area contributed by atoms with E-state index in [1.165, 1.54) is 6.92 Å². The molecule has 8 nitrogen and oxygen atoms in total. The van der Waals surface area contributed by atoms with Gasteiger partial charge in [0.15, 0.2) is 6.04 Å². The van der Waals surface area contributed by atoms with Crippen molar-refractivity contribution in [3.8, 4) is 0 Å². The average molecular weight is 359 g/mol. The minimum absolute atomic E-state index is 0.407. The molecule has 8 heteroatoms. The molecule has 2 aliphatic rings. The zero-order valence-electron chi connectivity index (χ0n) is 14.4. The minimum atomic E-state index is -1.26. The lowest BCUT2D eigenvalue weighted by atomic mass is 9.97. The van der Waals surface area contributed by atoms with Gasteiger partial charge in [0.05, 0.1) is 0 Å². The zero-order valence-corrected chi connectivity index (χ0v) is 14.4. The van der Waals surface area contributed by atoms with E-state index >= 15 is 0 Å². The molecule has 2 atom stereocenters. The van der Waals surface area contributed by atoms with E-state index in [9.17, 15) is 24.3 Å². The average Bonchev–Trinajstić information content (AvgIpc) is 3.18. The number of amides is 4. The van der Waals surface area contributed by atoms with Crippen LogP contribution in [0.2, 0.25) is 0 Å². The number of carbonyl (C=O) groups is 4. The van der Waals surface area contributed by atoms with Crippen molar-refractivity contribution >= 4 is 23.8 Å². The van der Waals surface area contributed by atoms with Crippen LogP contribution in [0.3, 0.4) is 0 Å². The summed E-state index contributed by atoms with van der Waals surface area (Å²) >= 11 is 0. The van der Waals surface area contributed by atoms with Gasteiger partial charge in [0, 0.05) is 0 Å². The van der Waals surface area contributed by atoms with Crippen LogP contribution < -0.4 is 10.6 Å². The van der Waals surface area contributed by atoms with E-state index in [0.29, 0.717) is 18.4 Å². The Morgan fingerprint density at radius 3 is 2.38 bits per heavy atom. The van der Waals surface area contributed by atoms with Crippen molar-refractivity contribution in [2.24, 2.45) is 0 Å². The number of hydrogen-bond acceptors (Lipinski definition) is 4. The summed E-state index contributed by atoms with van der Waals surface area (Å²) in [4.78, 5) is 50.0. The second kappa shape index (κ2) is 6.78. The quantitative estimate of drug-likeness (QED) is 0.683. The van der Waals surface area contributed by atoms with Crippen LogP contribution in [0.5, 0.6) is 0 Å². The first-order chi connectivity index (χ1) is 12.4. The highest BCUT2D eigenvalue weighted by Gasteiger charge is 2.54. The number of nitrogens with zero attached hydrogens (tertiary/aromatic N) is 1. The van der Waals surface area contributed by atoms with E-state index in [0.717, 1.165) is 17.7 Å². The fourth-order valence-corrected chi connectivity index (χ4v) is 3.62. The lowest BCUT2D eigenvalue weighted by molar-refractivity contribution is -0.143. The maximum absolute atomic E-state index is 12.7. The number of carboxylic acid groups (broad SMARTS) is 1. The fraction of sp³-hybridized carbons (Fsp3) is 0.444. The summed E-state index contributed by atoms with van der Waals surface area (Å²) in [6.07, 6.45) is 2.80. The summed E-state index contributed by atoms with van der Waals surface area (Å²) in [6, 6.07) is 5.29. The van der Waals surface area contributed by atoms with Gasteiger partial charge in [-0.1, -0.05) is 43.2 Å². The number of aliphatic carboxylic acids is 1. The predicted molar refractivity (Wildman–Crippen MR) is 91.0 cm³/mol. The van der Waals surface area contributed by atoms with E-state index in [1.54, 1.807) is 30.3 Å². The molecule has 2 fully saturated rings. The number of rotatable bonds is 5. The molecule has 26 heavy (non-hydrogen) atoms. The highest BCUT2D eigenvalue weighted by Crippen LogP contribution is 2.35. The molecule has 1 unspecified atom stereocenters. The fourth-order valence-electron chi connectivity index (χ4n) is 3.62. The zero-order chi connectivity index (χ0) is 18.9. The Bertz CT molecular complexity index is 742. The number of nitrogens with one attached hydrogen (secondary N) is 2. The largest absolute Gasteiger partial charge is 0.479 e. The van der Waals surface area contributed by atoms with Gasteiger partial charge in [-0.05, 0) is 25.3 Å². The molecule has 1 aromatic rings. The third kappa shape index (κ3) is 3.02. The van der Waals surface area contributed by atoms with Crippen LogP contribution in [0, 0.1) is 0 Å². The predicted octanol–water partition coefficient (Wildman–Crippen LogP) is 1.18. The third-order valence-corrected chi connectivity index (χ3v) is 5.08. The molecule has 0 radical (unpaired) electrons. The van der Waals surface area contributed by atoms with Gasteiger partial charge < -0.3 is 15.7 Å². The summed E-state index contributed by atoms with van der Waals surface area (Å²) in [5, 5.41) is 14.6. The second-order valence-electron chi connectivity index (χ2n) is 6.76. The van der Waals surface area contributed by atoms with Gasteiger partial charge in [-0.2, -0.15) is 0 Å². The molecule has 1 spiro atoms. The summed E-state index contributed by atoms with van der Waals surface area (Å²) in [6.45, 7) is 1.42. The summed E-state index contributed by atoms with van der Waals surface area (Å²) in [5.41, 5.74) is -0.498. The van der Waals surface area contributed by atoms with Gasteiger partial charge in [0.2, 0.25) is 5.91 Å².